The van der Waals surface area contributed by atoms with Crippen molar-refractivity contribution in [1.29, 1.82) is 0 Å². The van der Waals surface area contributed by atoms with E-state index in [1.54, 1.807) is 0 Å². The molecule has 0 bridgehead atoms. The highest BCUT2D eigenvalue weighted by molar-refractivity contribution is 5.93. The Hall–Kier alpha value is -1.78. The number of amides is 1. The number of hydrogen-bond donors (Lipinski definition) is 2. The highest BCUT2D eigenvalue weighted by Crippen LogP contribution is 2.10. The average molecular weight is 253 g/mol. The first-order valence-corrected chi connectivity index (χ1v) is 6.04. The van der Waals surface area contributed by atoms with Crippen molar-refractivity contribution >= 4 is 11.9 Å². The van der Waals surface area contributed by atoms with E-state index in [0.29, 0.717) is 5.92 Å². The van der Waals surface area contributed by atoms with E-state index in [-0.39, 0.29) is 23.5 Å². The topological polar surface area (TPSA) is 79.5 Å². The second kappa shape index (κ2) is 6.23. The van der Waals surface area contributed by atoms with Gasteiger partial charge in [-0.3, -0.25) is 4.79 Å². The van der Waals surface area contributed by atoms with Crippen LogP contribution in [0.15, 0.2) is 16.5 Å². The molecule has 18 heavy (non-hydrogen) atoms. The molecule has 1 aromatic heterocycles. The van der Waals surface area contributed by atoms with Crippen molar-refractivity contribution in [2.75, 3.05) is 0 Å². The Morgan fingerprint density at radius 2 is 1.83 bits per heavy atom. The van der Waals surface area contributed by atoms with Crippen LogP contribution in [0.3, 0.4) is 0 Å². The van der Waals surface area contributed by atoms with Gasteiger partial charge in [0.25, 0.3) is 5.91 Å². The SMILES string of the molecule is CC(C)CCC(C)NC(=O)c1ccc(C(=O)O)o1. The zero-order valence-corrected chi connectivity index (χ0v) is 10.9. The first kappa shape index (κ1) is 14.3. The van der Waals surface area contributed by atoms with E-state index < -0.39 is 5.97 Å². The molecular weight excluding hydrogens is 234 g/mol. The van der Waals surface area contributed by atoms with Crippen molar-refractivity contribution in [3.63, 3.8) is 0 Å². The van der Waals surface area contributed by atoms with Gasteiger partial charge >= 0.3 is 5.97 Å². The molecule has 0 aliphatic rings. The highest BCUT2D eigenvalue weighted by Gasteiger charge is 2.16. The molecule has 0 spiro atoms. The molecular formula is C13H19NO4. The van der Waals surface area contributed by atoms with Gasteiger partial charge in [-0.25, -0.2) is 4.79 Å². The van der Waals surface area contributed by atoms with E-state index in [2.05, 4.69) is 19.2 Å². The fourth-order valence-corrected chi connectivity index (χ4v) is 1.53. The molecule has 0 radical (unpaired) electrons. The Bertz CT molecular complexity index is 422. The zero-order valence-electron chi connectivity index (χ0n) is 10.9. The number of carboxylic acids is 1. The number of carbonyl (C=O) groups is 2. The maximum absolute atomic E-state index is 11.7. The van der Waals surface area contributed by atoms with E-state index in [1.807, 2.05) is 6.92 Å². The van der Waals surface area contributed by atoms with E-state index >= 15 is 0 Å². The smallest absolute Gasteiger partial charge is 0.371 e. The lowest BCUT2D eigenvalue weighted by Gasteiger charge is -2.13. The van der Waals surface area contributed by atoms with Crippen molar-refractivity contribution in [2.45, 2.75) is 39.7 Å². The maximum atomic E-state index is 11.7. The van der Waals surface area contributed by atoms with Crippen LogP contribution in [0.1, 0.15) is 54.7 Å². The second-order valence-corrected chi connectivity index (χ2v) is 4.81. The number of furan rings is 1. The molecule has 100 valence electrons. The van der Waals surface area contributed by atoms with Crippen LogP contribution in [-0.4, -0.2) is 23.0 Å². The van der Waals surface area contributed by atoms with E-state index in [9.17, 15) is 9.59 Å². The molecule has 2 N–H and O–H groups in total. The van der Waals surface area contributed by atoms with Gasteiger partial charge in [-0.2, -0.15) is 0 Å². The van der Waals surface area contributed by atoms with Crippen LogP contribution in [0.2, 0.25) is 0 Å². The molecule has 5 nitrogen and oxygen atoms in total. The lowest BCUT2D eigenvalue weighted by Crippen LogP contribution is -2.32. The minimum atomic E-state index is -1.18. The average Bonchev–Trinajstić information content (AvgIpc) is 2.75. The predicted molar refractivity (Wildman–Crippen MR) is 66.7 cm³/mol. The van der Waals surface area contributed by atoms with Gasteiger partial charge in [0.2, 0.25) is 5.76 Å². The van der Waals surface area contributed by atoms with Gasteiger partial charge in [0.05, 0.1) is 0 Å². The fourth-order valence-electron chi connectivity index (χ4n) is 1.53. The summed E-state index contributed by atoms with van der Waals surface area (Å²) in [6, 6.07) is 2.68. The lowest BCUT2D eigenvalue weighted by atomic mass is 10.0. The lowest BCUT2D eigenvalue weighted by molar-refractivity contribution is 0.0659. The van der Waals surface area contributed by atoms with Crippen LogP contribution in [0.5, 0.6) is 0 Å². The number of rotatable bonds is 6. The summed E-state index contributed by atoms with van der Waals surface area (Å²) >= 11 is 0. The van der Waals surface area contributed by atoms with Crippen LogP contribution in [0.25, 0.3) is 0 Å². The van der Waals surface area contributed by atoms with Gasteiger partial charge in [0.15, 0.2) is 5.76 Å². The van der Waals surface area contributed by atoms with Crippen molar-refractivity contribution in [2.24, 2.45) is 5.92 Å². The van der Waals surface area contributed by atoms with Gasteiger partial charge in [-0.15, -0.1) is 0 Å². The molecule has 1 amide bonds. The number of hydrogen-bond acceptors (Lipinski definition) is 3. The molecule has 1 aromatic rings. The molecule has 0 aliphatic carbocycles. The Balaban J connectivity index is 2.51. The highest BCUT2D eigenvalue weighted by atomic mass is 16.4. The minimum absolute atomic E-state index is 0.0313. The fraction of sp³-hybridized carbons (Fsp3) is 0.538. The summed E-state index contributed by atoms with van der Waals surface area (Å²) < 4.78 is 4.92. The molecule has 0 aromatic carbocycles. The first-order valence-electron chi connectivity index (χ1n) is 6.04. The van der Waals surface area contributed by atoms with Crippen LogP contribution in [-0.2, 0) is 0 Å². The summed E-state index contributed by atoms with van der Waals surface area (Å²) in [5, 5.41) is 11.5. The maximum Gasteiger partial charge on any atom is 0.371 e. The van der Waals surface area contributed by atoms with Crippen molar-refractivity contribution in [3.05, 3.63) is 23.7 Å². The van der Waals surface area contributed by atoms with E-state index in [4.69, 9.17) is 9.52 Å². The Morgan fingerprint density at radius 1 is 1.22 bits per heavy atom. The summed E-state index contributed by atoms with van der Waals surface area (Å²) in [6.45, 7) is 6.17. The quantitative estimate of drug-likeness (QED) is 0.816. The molecule has 1 unspecified atom stereocenters. The summed E-state index contributed by atoms with van der Waals surface area (Å²) in [7, 11) is 0. The summed E-state index contributed by atoms with van der Waals surface area (Å²) in [5.41, 5.74) is 0. The minimum Gasteiger partial charge on any atom is -0.475 e. The van der Waals surface area contributed by atoms with E-state index in [1.165, 1.54) is 12.1 Å². The molecule has 0 fully saturated rings. The first-order chi connectivity index (χ1) is 8.40. The summed E-state index contributed by atoms with van der Waals surface area (Å²) in [6.07, 6.45) is 1.91. The van der Waals surface area contributed by atoms with Crippen molar-refractivity contribution in [3.8, 4) is 0 Å². The molecule has 0 saturated heterocycles. The third-order valence-electron chi connectivity index (χ3n) is 2.60. The molecule has 1 heterocycles. The molecule has 0 saturated carbocycles. The number of carboxylic acid groups (broad SMARTS) is 1. The Kier molecular flexibility index (Phi) is 4.95. The van der Waals surface area contributed by atoms with Crippen molar-refractivity contribution in [1.82, 2.24) is 5.32 Å². The standard InChI is InChI=1S/C13H19NO4/c1-8(2)4-5-9(3)14-12(15)10-6-7-11(18-10)13(16)17/h6-9H,4-5H2,1-3H3,(H,14,15)(H,16,17). The summed E-state index contributed by atoms with van der Waals surface area (Å²) in [5.74, 6) is -1.16. The third kappa shape index (κ3) is 4.24. The van der Waals surface area contributed by atoms with Crippen LogP contribution >= 0.6 is 0 Å². The van der Waals surface area contributed by atoms with Gasteiger partial charge in [0, 0.05) is 6.04 Å². The van der Waals surface area contributed by atoms with E-state index in [0.717, 1.165) is 12.8 Å². The van der Waals surface area contributed by atoms with Gasteiger partial charge in [-0.1, -0.05) is 13.8 Å². The number of aromatic carboxylic acids is 1. The van der Waals surface area contributed by atoms with Gasteiger partial charge in [-0.05, 0) is 37.8 Å². The van der Waals surface area contributed by atoms with Gasteiger partial charge < -0.3 is 14.8 Å². The third-order valence-corrected chi connectivity index (χ3v) is 2.60. The molecule has 1 rings (SSSR count). The number of nitrogens with one attached hydrogen (secondary N) is 1. The summed E-state index contributed by atoms with van der Waals surface area (Å²) in [4.78, 5) is 22.3. The Morgan fingerprint density at radius 3 is 2.33 bits per heavy atom. The van der Waals surface area contributed by atoms with Crippen LogP contribution < -0.4 is 5.32 Å². The zero-order chi connectivity index (χ0) is 13.7. The molecule has 5 heteroatoms. The Labute approximate surface area is 106 Å². The molecule has 0 aliphatic heterocycles. The predicted octanol–water partition coefficient (Wildman–Crippen LogP) is 2.53. The van der Waals surface area contributed by atoms with Crippen molar-refractivity contribution < 1.29 is 19.1 Å². The van der Waals surface area contributed by atoms with Crippen LogP contribution in [0.4, 0.5) is 0 Å². The normalized spacial score (nSPS) is 12.4. The monoisotopic (exact) mass is 253 g/mol. The number of carbonyl (C=O) groups excluding carboxylic acids is 1. The molecule has 1 atom stereocenters. The second-order valence-electron chi connectivity index (χ2n) is 4.81. The van der Waals surface area contributed by atoms with Crippen LogP contribution in [0, 0.1) is 5.92 Å². The van der Waals surface area contributed by atoms with Gasteiger partial charge in [0.1, 0.15) is 0 Å². The largest absolute Gasteiger partial charge is 0.475 e.